The molecule has 0 aliphatic carbocycles. The minimum Gasteiger partial charge on any atom is -0.497 e. The Balaban J connectivity index is 1.45. The summed E-state index contributed by atoms with van der Waals surface area (Å²) in [6.45, 7) is 4.91. The van der Waals surface area contributed by atoms with E-state index in [2.05, 4.69) is 18.2 Å². The Hall–Kier alpha value is -3.80. The molecule has 3 aliphatic heterocycles. The summed E-state index contributed by atoms with van der Waals surface area (Å²) in [5.41, 5.74) is 3.11. The van der Waals surface area contributed by atoms with Crippen LogP contribution in [0.1, 0.15) is 41.1 Å². The molecular weight excluding hydrogens is 452 g/mol. The van der Waals surface area contributed by atoms with Crippen LogP contribution in [0.15, 0.2) is 72.8 Å². The molecule has 2 amide bonds. The van der Waals surface area contributed by atoms with Gasteiger partial charge in [0.25, 0.3) is 0 Å². The number of benzene rings is 3. The molecule has 3 heterocycles. The van der Waals surface area contributed by atoms with Crippen molar-refractivity contribution in [2.24, 2.45) is 5.92 Å². The second kappa shape index (κ2) is 8.40. The van der Waals surface area contributed by atoms with E-state index in [1.54, 1.807) is 12.0 Å². The summed E-state index contributed by atoms with van der Waals surface area (Å²) in [6.07, 6.45) is 0. The van der Waals surface area contributed by atoms with Crippen LogP contribution >= 0.6 is 0 Å². The largest absolute Gasteiger partial charge is 0.497 e. The second-order valence-corrected chi connectivity index (χ2v) is 10.3. The normalized spacial score (nSPS) is 26.7. The fourth-order valence-electron chi connectivity index (χ4n) is 6.60. The maximum absolute atomic E-state index is 14.4. The number of hydrogen-bond donors (Lipinski definition) is 0. The third kappa shape index (κ3) is 3.31. The number of aryl methyl sites for hydroxylation is 1. The molecule has 3 aromatic carbocycles. The van der Waals surface area contributed by atoms with Crippen molar-refractivity contribution in [3.05, 3.63) is 95.1 Å². The van der Waals surface area contributed by atoms with Crippen LogP contribution in [-0.4, -0.2) is 47.4 Å². The lowest BCUT2D eigenvalue weighted by molar-refractivity contribution is -0.164. The SMILES string of the molecule is COc1ccc(CN2CC(=O)N3[C@H]4c5cc(C)ccc5OC[C@@H]4[C@H](c4ccccc4)[C@]3(C)C2=O)cc1. The summed E-state index contributed by atoms with van der Waals surface area (Å²) in [5.74, 6) is 1.31. The first-order valence-electron chi connectivity index (χ1n) is 12.4. The van der Waals surface area contributed by atoms with E-state index in [0.717, 1.165) is 33.8 Å². The van der Waals surface area contributed by atoms with Gasteiger partial charge in [0, 0.05) is 23.9 Å². The summed E-state index contributed by atoms with van der Waals surface area (Å²) in [5, 5.41) is 0. The van der Waals surface area contributed by atoms with Crippen molar-refractivity contribution < 1.29 is 19.1 Å². The Kier molecular flexibility index (Phi) is 5.29. The number of ether oxygens (including phenoxy) is 2. The van der Waals surface area contributed by atoms with E-state index >= 15 is 0 Å². The Morgan fingerprint density at radius 1 is 1.03 bits per heavy atom. The zero-order valence-corrected chi connectivity index (χ0v) is 20.8. The Morgan fingerprint density at radius 3 is 2.50 bits per heavy atom. The lowest BCUT2D eigenvalue weighted by Gasteiger charge is -2.47. The monoisotopic (exact) mass is 482 g/mol. The van der Waals surface area contributed by atoms with E-state index in [-0.39, 0.29) is 36.2 Å². The highest BCUT2D eigenvalue weighted by atomic mass is 16.5. The number of piperazine rings is 1. The lowest BCUT2D eigenvalue weighted by atomic mass is 9.73. The number of nitrogens with zero attached hydrogens (tertiary/aromatic N) is 2. The molecular formula is C30H30N2O4. The molecule has 6 nitrogen and oxygen atoms in total. The Labute approximate surface area is 211 Å². The van der Waals surface area contributed by atoms with Crippen LogP contribution in [0.25, 0.3) is 0 Å². The molecule has 0 unspecified atom stereocenters. The molecule has 0 bridgehead atoms. The quantitative estimate of drug-likeness (QED) is 0.550. The van der Waals surface area contributed by atoms with Crippen LogP contribution in [0.2, 0.25) is 0 Å². The maximum Gasteiger partial charge on any atom is 0.249 e. The molecule has 36 heavy (non-hydrogen) atoms. The molecule has 2 fully saturated rings. The molecule has 0 spiro atoms. The first kappa shape index (κ1) is 22.7. The number of amides is 2. The van der Waals surface area contributed by atoms with Crippen molar-refractivity contribution in [2.75, 3.05) is 20.3 Å². The van der Waals surface area contributed by atoms with Gasteiger partial charge in [0.2, 0.25) is 11.8 Å². The van der Waals surface area contributed by atoms with Gasteiger partial charge in [-0.2, -0.15) is 0 Å². The van der Waals surface area contributed by atoms with E-state index < -0.39 is 5.54 Å². The van der Waals surface area contributed by atoms with Gasteiger partial charge in [0.05, 0.1) is 19.8 Å². The first-order chi connectivity index (χ1) is 17.4. The van der Waals surface area contributed by atoms with E-state index in [1.165, 1.54) is 0 Å². The molecule has 0 N–H and O–H groups in total. The van der Waals surface area contributed by atoms with Gasteiger partial charge in [0.15, 0.2) is 0 Å². The smallest absolute Gasteiger partial charge is 0.249 e. The molecule has 0 aromatic heterocycles. The topological polar surface area (TPSA) is 59.1 Å². The van der Waals surface area contributed by atoms with Gasteiger partial charge in [-0.15, -0.1) is 0 Å². The van der Waals surface area contributed by atoms with Crippen LogP contribution in [0, 0.1) is 12.8 Å². The van der Waals surface area contributed by atoms with Crippen molar-refractivity contribution in [3.8, 4) is 11.5 Å². The van der Waals surface area contributed by atoms with Gasteiger partial charge >= 0.3 is 0 Å². The third-order valence-electron chi connectivity index (χ3n) is 8.14. The molecule has 2 saturated heterocycles. The average molecular weight is 483 g/mol. The summed E-state index contributed by atoms with van der Waals surface area (Å²) in [4.78, 5) is 31.9. The van der Waals surface area contributed by atoms with Crippen molar-refractivity contribution in [1.29, 1.82) is 0 Å². The van der Waals surface area contributed by atoms with E-state index in [1.807, 2.05) is 73.3 Å². The lowest BCUT2D eigenvalue weighted by Crippen LogP contribution is -2.65. The number of hydrogen-bond acceptors (Lipinski definition) is 4. The second-order valence-electron chi connectivity index (χ2n) is 10.3. The standard InChI is InChI=1S/C30H30N2O4/c1-19-9-14-25-23(15-19)28-24(18-36-25)27(21-7-5-4-6-8-21)30(2)29(34)31(17-26(33)32(28)30)16-20-10-12-22(35-3)13-11-20/h4-15,24,27-28H,16-18H2,1-3H3/t24-,27+,28+,30-/m1/s1. The van der Waals surface area contributed by atoms with Gasteiger partial charge in [-0.05, 0) is 43.2 Å². The van der Waals surface area contributed by atoms with E-state index in [9.17, 15) is 9.59 Å². The predicted octanol–water partition coefficient (Wildman–Crippen LogP) is 4.48. The van der Waals surface area contributed by atoms with E-state index in [4.69, 9.17) is 9.47 Å². The first-order valence-corrected chi connectivity index (χ1v) is 12.4. The Bertz CT molecular complexity index is 1320. The minimum atomic E-state index is -1.02. The maximum atomic E-state index is 14.4. The van der Waals surface area contributed by atoms with Crippen molar-refractivity contribution in [2.45, 2.75) is 37.9 Å². The summed E-state index contributed by atoms with van der Waals surface area (Å²) >= 11 is 0. The zero-order chi connectivity index (χ0) is 25.0. The highest BCUT2D eigenvalue weighted by Gasteiger charge is 2.66. The van der Waals surface area contributed by atoms with Crippen LogP contribution in [0.4, 0.5) is 0 Å². The van der Waals surface area contributed by atoms with Gasteiger partial charge in [0.1, 0.15) is 23.6 Å². The Morgan fingerprint density at radius 2 is 1.78 bits per heavy atom. The third-order valence-corrected chi connectivity index (χ3v) is 8.14. The van der Waals surface area contributed by atoms with Crippen LogP contribution in [-0.2, 0) is 16.1 Å². The summed E-state index contributed by atoms with van der Waals surface area (Å²) in [6, 6.07) is 23.7. The highest BCUT2D eigenvalue weighted by molar-refractivity contribution is 6.00. The fourth-order valence-corrected chi connectivity index (χ4v) is 6.60. The van der Waals surface area contributed by atoms with E-state index in [0.29, 0.717) is 13.2 Å². The number of rotatable bonds is 4. The molecule has 184 valence electrons. The molecule has 3 aliphatic rings. The van der Waals surface area contributed by atoms with Crippen LogP contribution < -0.4 is 9.47 Å². The van der Waals surface area contributed by atoms with Gasteiger partial charge in [-0.1, -0.05) is 60.2 Å². The minimum absolute atomic E-state index is 0.0182. The molecule has 3 aromatic rings. The summed E-state index contributed by atoms with van der Waals surface area (Å²) < 4.78 is 11.5. The number of methoxy groups -OCH3 is 1. The van der Waals surface area contributed by atoms with Gasteiger partial charge < -0.3 is 19.3 Å². The molecule has 0 radical (unpaired) electrons. The van der Waals surface area contributed by atoms with Gasteiger partial charge in [-0.3, -0.25) is 9.59 Å². The molecule has 0 saturated carbocycles. The molecule has 4 atom stereocenters. The number of fused-ring (bicyclic) bond motifs is 5. The summed E-state index contributed by atoms with van der Waals surface area (Å²) in [7, 11) is 1.63. The highest BCUT2D eigenvalue weighted by Crippen LogP contribution is 2.59. The number of carbonyl (C=O) groups is 2. The predicted molar refractivity (Wildman–Crippen MR) is 136 cm³/mol. The molecule has 6 rings (SSSR count). The van der Waals surface area contributed by atoms with Crippen molar-refractivity contribution in [3.63, 3.8) is 0 Å². The van der Waals surface area contributed by atoms with Crippen molar-refractivity contribution >= 4 is 11.8 Å². The molecule has 6 heteroatoms. The zero-order valence-electron chi connectivity index (χ0n) is 20.8. The number of carbonyl (C=O) groups excluding carboxylic acids is 2. The van der Waals surface area contributed by atoms with Crippen LogP contribution in [0.5, 0.6) is 11.5 Å². The van der Waals surface area contributed by atoms with Crippen LogP contribution in [0.3, 0.4) is 0 Å². The van der Waals surface area contributed by atoms with Crippen molar-refractivity contribution in [1.82, 2.24) is 9.80 Å². The average Bonchev–Trinajstić information content (AvgIpc) is 3.18. The fraction of sp³-hybridized carbons (Fsp3) is 0.333. The van der Waals surface area contributed by atoms with Gasteiger partial charge in [-0.25, -0.2) is 0 Å².